The summed E-state index contributed by atoms with van der Waals surface area (Å²) < 4.78 is 15.8. The Hall–Kier alpha value is -2.89. The molecule has 0 bridgehead atoms. The average Bonchev–Trinajstić information content (AvgIpc) is 2.64. The van der Waals surface area contributed by atoms with Gasteiger partial charge in [0.25, 0.3) is 0 Å². The minimum absolute atomic E-state index is 0.112. The van der Waals surface area contributed by atoms with Crippen LogP contribution in [0, 0.1) is 0 Å². The molecule has 0 spiro atoms. The monoisotopic (exact) mass is 330 g/mol. The van der Waals surface area contributed by atoms with Crippen LogP contribution in [0.1, 0.15) is 0 Å². The van der Waals surface area contributed by atoms with Crippen molar-refractivity contribution in [3.63, 3.8) is 0 Å². The number of methoxy groups -OCH3 is 2. The second kappa shape index (κ2) is 9.29. The third-order valence-electron chi connectivity index (χ3n) is 3.30. The van der Waals surface area contributed by atoms with Crippen LogP contribution in [0.5, 0.6) is 17.2 Å². The Morgan fingerprint density at radius 2 is 1.67 bits per heavy atom. The zero-order valence-electron chi connectivity index (χ0n) is 13.9. The SMILES string of the molecule is COc1ccc(OCCNC(=O)CNc2ccccc2OC)cc1. The highest BCUT2D eigenvalue weighted by Gasteiger charge is 2.04. The molecule has 2 aromatic carbocycles. The van der Waals surface area contributed by atoms with Crippen molar-refractivity contribution in [1.82, 2.24) is 5.32 Å². The van der Waals surface area contributed by atoms with E-state index in [1.807, 2.05) is 48.5 Å². The zero-order valence-corrected chi connectivity index (χ0v) is 13.9. The summed E-state index contributed by atoms with van der Waals surface area (Å²) in [7, 11) is 3.21. The van der Waals surface area contributed by atoms with E-state index < -0.39 is 0 Å². The number of ether oxygens (including phenoxy) is 3. The van der Waals surface area contributed by atoms with Crippen LogP contribution in [-0.4, -0.2) is 39.8 Å². The molecule has 0 radical (unpaired) electrons. The molecule has 0 aliphatic heterocycles. The van der Waals surface area contributed by atoms with Gasteiger partial charge in [-0.25, -0.2) is 0 Å². The number of benzene rings is 2. The molecule has 6 heteroatoms. The molecule has 128 valence electrons. The number of anilines is 1. The van der Waals surface area contributed by atoms with Crippen molar-refractivity contribution in [1.29, 1.82) is 0 Å². The van der Waals surface area contributed by atoms with Gasteiger partial charge in [0.2, 0.25) is 5.91 Å². The molecular weight excluding hydrogens is 308 g/mol. The van der Waals surface area contributed by atoms with E-state index in [2.05, 4.69) is 10.6 Å². The first kappa shape index (κ1) is 17.5. The van der Waals surface area contributed by atoms with Crippen LogP contribution in [0.3, 0.4) is 0 Å². The summed E-state index contributed by atoms with van der Waals surface area (Å²) in [6.07, 6.45) is 0. The molecule has 0 fully saturated rings. The molecule has 24 heavy (non-hydrogen) atoms. The molecular formula is C18H22N2O4. The smallest absolute Gasteiger partial charge is 0.239 e. The number of hydrogen-bond acceptors (Lipinski definition) is 5. The Balaban J connectivity index is 1.66. The molecule has 0 aliphatic rings. The van der Waals surface area contributed by atoms with Gasteiger partial charge in [-0.3, -0.25) is 4.79 Å². The second-order valence-corrected chi connectivity index (χ2v) is 4.93. The molecule has 2 N–H and O–H groups in total. The Morgan fingerprint density at radius 3 is 2.38 bits per heavy atom. The highest BCUT2D eigenvalue weighted by Crippen LogP contribution is 2.22. The normalized spacial score (nSPS) is 9.92. The van der Waals surface area contributed by atoms with E-state index in [4.69, 9.17) is 14.2 Å². The van der Waals surface area contributed by atoms with Gasteiger partial charge in [0, 0.05) is 0 Å². The van der Waals surface area contributed by atoms with Gasteiger partial charge in [-0.15, -0.1) is 0 Å². The lowest BCUT2D eigenvalue weighted by Gasteiger charge is -2.11. The zero-order chi connectivity index (χ0) is 17.2. The minimum Gasteiger partial charge on any atom is -0.497 e. The molecule has 6 nitrogen and oxygen atoms in total. The van der Waals surface area contributed by atoms with Crippen molar-refractivity contribution < 1.29 is 19.0 Å². The quantitative estimate of drug-likeness (QED) is 0.691. The number of amides is 1. The lowest BCUT2D eigenvalue weighted by Crippen LogP contribution is -2.33. The number of rotatable bonds is 9. The van der Waals surface area contributed by atoms with Crippen LogP contribution < -0.4 is 24.8 Å². The van der Waals surface area contributed by atoms with Crippen LogP contribution in [0.25, 0.3) is 0 Å². The largest absolute Gasteiger partial charge is 0.497 e. The van der Waals surface area contributed by atoms with Gasteiger partial charge < -0.3 is 24.8 Å². The molecule has 0 saturated heterocycles. The Morgan fingerprint density at radius 1 is 0.958 bits per heavy atom. The molecule has 0 saturated carbocycles. The third kappa shape index (κ3) is 5.39. The Bertz CT molecular complexity index is 644. The number of hydrogen-bond donors (Lipinski definition) is 2. The van der Waals surface area contributed by atoms with E-state index in [0.717, 1.165) is 17.2 Å². The van der Waals surface area contributed by atoms with Crippen molar-refractivity contribution in [3.8, 4) is 17.2 Å². The first-order valence-corrected chi connectivity index (χ1v) is 7.63. The first-order valence-electron chi connectivity index (χ1n) is 7.63. The van der Waals surface area contributed by atoms with Crippen LogP contribution >= 0.6 is 0 Å². The molecule has 2 rings (SSSR count). The maximum atomic E-state index is 11.8. The van der Waals surface area contributed by atoms with Gasteiger partial charge in [-0.1, -0.05) is 12.1 Å². The van der Waals surface area contributed by atoms with Gasteiger partial charge in [-0.05, 0) is 36.4 Å². The van der Waals surface area contributed by atoms with Crippen LogP contribution in [0.2, 0.25) is 0 Å². The van der Waals surface area contributed by atoms with Crippen molar-refractivity contribution in [2.75, 3.05) is 39.2 Å². The van der Waals surface area contributed by atoms with Crippen molar-refractivity contribution in [2.45, 2.75) is 0 Å². The predicted molar refractivity (Wildman–Crippen MR) is 93.0 cm³/mol. The highest BCUT2D eigenvalue weighted by atomic mass is 16.5. The fourth-order valence-electron chi connectivity index (χ4n) is 2.06. The topological polar surface area (TPSA) is 68.8 Å². The van der Waals surface area contributed by atoms with E-state index in [0.29, 0.717) is 18.9 Å². The number of carbonyl (C=O) groups is 1. The fourth-order valence-corrected chi connectivity index (χ4v) is 2.06. The summed E-state index contributed by atoms with van der Waals surface area (Å²) in [4.78, 5) is 11.8. The van der Waals surface area contributed by atoms with Crippen LogP contribution in [0.15, 0.2) is 48.5 Å². The molecule has 0 aliphatic carbocycles. The summed E-state index contributed by atoms with van der Waals surface area (Å²) in [6.45, 7) is 0.994. The summed E-state index contributed by atoms with van der Waals surface area (Å²) >= 11 is 0. The van der Waals surface area contributed by atoms with Crippen molar-refractivity contribution in [3.05, 3.63) is 48.5 Å². The standard InChI is InChI=1S/C18H22N2O4/c1-22-14-7-9-15(10-8-14)24-12-11-19-18(21)13-20-16-5-3-4-6-17(16)23-2/h3-10,20H,11-13H2,1-2H3,(H,19,21). The van der Waals surface area contributed by atoms with Gasteiger partial charge in [0.15, 0.2) is 0 Å². The molecule has 0 aromatic heterocycles. The van der Waals surface area contributed by atoms with Crippen LogP contribution in [0.4, 0.5) is 5.69 Å². The average molecular weight is 330 g/mol. The molecule has 0 atom stereocenters. The lowest BCUT2D eigenvalue weighted by molar-refractivity contribution is -0.119. The van der Waals surface area contributed by atoms with Gasteiger partial charge >= 0.3 is 0 Å². The number of carbonyl (C=O) groups excluding carboxylic acids is 1. The summed E-state index contributed by atoms with van der Waals surface area (Å²) in [5.41, 5.74) is 0.782. The third-order valence-corrected chi connectivity index (χ3v) is 3.30. The van der Waals surface area contributed by atoms with E-state index >= 15 is 0 Å². The summed E-state index contributed by atoms with van der Waals surface area (Å²) in [5.74, 6) is 2.10. The first-order chi connectivity index (χ1) is 11.7. The van der Waals surface area contributed by atoms with E-state index in [1.54, 1.807) is 14.2 Å². The summed E-state index contributed by atoms with van der Waals surface area (Å²) in [5, 5.41) is 5.83. The number of para-hydroxylation sites is 2. The molecule has 0 heterocycles. The van der Waals surface area contributed by atoms with Gasteiger partial charge in [-0.2, -0.15) is 0 Å². The van der Waals surface area contributed by atoms with Crippen molar-refractivity contribution >= 4 is 11.6 Å². The van der Waals surface area contributed by atoms with E-state index in [9.17, 15) is 4.79 Å². The Kier molecular flexibility index (Phi) is 6.76. The molecule has 1 amide bonds. The minimum atomic E-state index is -0.112. The lowest BCUT2D eigenvalue weighted by atomic mass is 10.3. The second-order valence-electron chi connectivity index (χ2n) is 4.93. The maximum Gasteiger partial charge on any atom is 0.239 e. The van der Waals surface area contributed by atoms with Crippen molar-refractivity contribution in [2.24, 2.45) is 0 Å². The highest BCUT2D eigenvalue weighted by molar-refractivity contribution is 5.81. The molecule has 2 aromatic rings. The van der Waals surface area contributed by atoms with Gasteiger partial charge in [0.1, 0.15) is 23.9 Å². The number of nitrogens with one attached hydrogen (secondary N) is 2. The fraction of sp³-hybridized carbons (Fsp3) is 0.278. The van der Waals surface area contributed by atoms with E-state index in [-0.39, 0.29) is 12.5 Å². The van der Waals surface area contributed by atoms with E-state index in [1.165, 1.54) is 0 Å². The van der Waals surface area contributed by atoms with Crippen LogP contribution in [-0.2, 0) is 4.79 Å². The summed E-state index contributed by atoms with van der Waals surface area (Å²) in [6, 6.07) is 14.7. The van der Waals surface area contributed by atoms with Gasteiger partial charge in [0.05, 0.1) is 33.0 Å². The Labute approximate surface area is 141 Å². The molecule has 0 unspecified atom stereocenters. The predicted octanol–water partition coefficient (Wildman–Crippen LogP) is 2.31. The maximum absolute atomic E-state index is 11.8.